The first kappa shape index (κ1) is 9.44. The van der Waals surface area contributed by atoms with Crippen molar-refractivity contribution in [2.45, 2.75) is 0 Å². The number of aromatic nitrogens is 1. The van der Waals surface area contributed by atoms with E-state index in [2.05, 4.69) is 34.9 Å². The van der Waals surface area contributed by atoms with E-state index < -0.39 is 0 Å². The number of fused-ring (bicyclic) bond motifs is 3. The van der Waals surface area contributed by atoms with Crippen molar-refractivity contribution >= 4 is 42.1 Å². The predicted octanol–water partition coefficient (Wildman–Crippen LogP) is 3.52. The lowest BCUT2D eigenvalue weighted by Crippen LogP contribution is -1.88. The highest BCUT2D eigenvalue weighted by Crippen LogP contribution is 2.34. The molecule has 0 unspecified atom stereocenters. The van der Waals surface area contributed by atoms with Crippen LogP contribution in [0.2, 0.25) is 0 Å². The summed E-state index contributed by atoms with van der Waals surface area (Å²) in [6, 6.07) is 14.4. The topological polar surface area (TPSA) is 30.9 Å². The van der Waals surface area contributed by atoms with Crippen LogP contribution < -0.4 is 5.73 Å². The average molecular weight is 226 g/mol. The molecule has 2 aromatic carbocycles. The standard InChI is InChI=1S/C13H11N2P/c1-16-15-12-8-3-2-5-9(12)10-6-4-7-11(14)13(10)15/h2-8H,1,14H2. The predicted molar refractivity (Wildman–Crippen MR) is 73.3 cm³/mol. The molecule has 0 aliphatic rings. The Morgan fingerprint density at radius 1 is 1.00 bits per heavy atom. The van der Waals surface area contributed by atoms with Gasteiger partial charge in [0.1, 0.15) is 0 Å². The molecule has 0 fully saturated rings. The summed E-state index contributed by atoms with van der Waals surface area (Å²) < 4.78 is 2.14. The maximum atomic E-state index is 6.04. The van der Waals surface area contributed by atoms with Crippen LogP contribution in [0.15, 0.2) is 42.5 Å². The van der Waals surface area contributed by atoms with Gasteiger partial charge in [-0.3, -0.25) is 4.34 Å². The zero-order chi connectivity index (χ0) is 11.1. The highest BCUT2D eigenvalue weighted by molar-refractivity contribution is 7.35. The number of hydrogen-bond acceptors (Lipinski definition) is 1. The van der Waals surface area contributed by atoms with Crippen LogP contribution >= 0.6 is 8.35 Å². The van der Waals surface area contributed by atoms with Crippen LogP contribution in [0.3, 0.4) is 0 Å². The van der Waals surface area contributed by atoms with Gasteiger partial charge in [0.2, 0.25) is 0 Å². The smallest absolute Gasteiger partial charge is 0.0805 e. The zero-order valence-corrected chi connectivity index (χ0v) is 9.61. The summed E-state index contributed by atoms with van der Waals surface area (Å²) in [4.78, 5) is 0. The number of hydrogen-bond donors (Lipinski definition) is 1. The Morgan fingerprint density at radius 3 is 2.56 bits per heavy atom. The number of rotatable bonds is 1. The second-order valence-corrected chi connectivity index (χ2v) is 4.40. The third-order valence-corrected chi connectivity index (χ3v) is 3.54. The first-order chi connectivity index (χ1) is 7.83. The molecule has 2 N–H and O–H groups in total. The fourth-order valence-electron chi connectivity index (χ4n) is 2.17. The van der Waals surface area contributed by atoms with E-state index in [1.807, 2.05) is 18.2 Å². The zero-order valence-electron chi connectivity index (χ0n) is 8.72. The van der Waals surface area contributed by atoms with Gasteiger partial charge in [0.25, 0.3) is 0 Å². The lowest BCUT2D eigenvalue weighted by Gasteiger charge is -2.00. The van der Waals surface area contributed by atoms with Gasteiger partial charge in [0.05, 0.1) is 16.7 Å². The van der Waals surface area contributed by atoms with E-state index in [9.17, 15) is 0 Å². The van der Waals surface area contributed by atoms with Crippen molar-refractivity contribution in [2.75, 3.05) is 5.73 Å². The van der Waals surface area contributed by atoms with Crippen molar-refractivity contribution < 1.29 is 0 Å². The quantitative estimate of drug-likeness (QED) is 0.499. The molecule has 16 heavy (non-hydrogen) atoms. The third-order valence-electron chi connectivity index (χ3n) is 2.84. The van der Waals surface area contributed by atoms with Gasteiger partial charge in [0, 0.05) is 19.1 Å². The molecule has 0 radical (unpaired) electrons. The number of nitrogen functional groups attached to an aromatic ring is 1. The Bertz CT molecular complexity index is 698. The minimum absolute atomic E-state index is 0.810. The number of nitrogens with zero attached hydrogens (tertiary/aromatic N) is 1. The van der Waals surface area contributed by atoms with E-state index in [1.54, 1.807) is 0 Å². The van der Waals surface area contributed by atoms with E-state index in [0.717, 1.165) is 19.6 Å². The summed E-state index contributed by atoms with van der Waals surface area (Å²) in [6.45, 7) is 0. The van der Waals surface area contributed by atoms with Crippen molar-refractivity contribution in [2.24, 2.45) is 0 Å². The molecule has 0 saturated carbocycles. The second-order valence-electron chi connectivity index (χ2n) is 3.71. The molecule has 3 aromatic rings. The summed E-state index contributed by atoms with van der Waals surface area (Å²) in [5.74, 6) is 0. The number of benzene rings is 2. The first-order valence-electron chi connectivity index (χ1n) is 5.07. The summed E-state index contributed by atoms with van der Waals surface area (Å²) in [6.07, 6.45) is 3.95. The molecule has 78 valence electrons. The Hall–Kier alpha value is -1.79. The minimum Gasteiger partial charge on any atom is -0.397 e. The molecule has 0 aliphatic carbocycles. The molecule has 0 amide bonds. The van der Waals surface area contributed by atoms with E-state index in [-0.39, 0.29) is 0 Å². The number of para-hydroxylation sites is 2. The van der Waals surface area contributed by atoms with Crippen LogP contribution in [-0.4, -0.2) is 10.6 Å². The Morgan fingerprint density at radius 2 is 1.75 bits per heavy atom. The summed E-state index contributed by atoms with van der Waals surface area (Å²) in [5, 5.41) is 2.44. The molecule has 0 spiro atoms. The fraction of sp³-hybridized carbons (Fsp3) is 0. The maximum absolute atomic E-state index is 6.04. The van der Waals surface area contributed by atoms with Crippen molar-refractivity contribution in [3.8, 4) is 0 Å². The Balaban J connectivity index is 2.70. The van der Waals surface area contributed by atoms with E-state index >= 15 is 0 Å². The molecule has 0 atom stereocenters. The molecule has 1 aromatic heterocycles. The summed E-state index contributed by atoms with van der Waals surface area (Å²) in [5.41, 5.74) is 9.12. The SMILES string of the molecule is C=Pn1c2ccccc2c2cccc(N)c21. The summed E-state index contributed by atoms with van der Waals surface area (Å²) in [7, 11) is 0.940. The van der Waals surface area contributed by atoms with Gasteiger partial charge < -0.3 is 5.73 Å². The van der Waals surface area contributed by atoms with Crippen molar-refractivity contribution in [3.05, 3.63) is 42.5 Å². The van der Waals surface area contributed by atoms with Gasteiger partial charge >= 0.3 is 0 Å². The number of nitrogens with two attached hydrogens (primary N) is 1. The first-order valence-corrected chi connectivity index (χ1v) is 6.11. The lowest BCUT2D eigenvalue weighted by atomic mass is 10.1. The monoisotopic (exact) mass is 226 g/mol. The highest BCUT2D eigenvalue weighted by atomic mass is 31.1. The fourth-order valence-corrected chi connectivity index (χ4v) is 2.86. The van der Waals surface area contributed by atoms with Crippen LogP contribution in [0.5, 0.6) is 0 Å². The van der Waals surface area contributed by atoms with E-state index in [0.29, 0.717) is 0 Å². The molecular weight excluding hydrogens is 215 g/mol. The van der Waals surface area contributed by atoms with Gasteiger partial charge in [-0.2, -0.15) is 0 Å². The molecule has 3 rings (SSSR count). The maximum Gasteiger partial charge on any atom is 0.0805 e. The Labute approximate surface area is 95.1 Å². The minimum atomic E-state index is 0.810. The molecule has 3 heteroatoms. The Kier molecular flexibility index (Phi) is 1.98. The van der Waals surface area contributed by atoms with Crippen LogP contribution in [0.4, 0.5) is 5.69 Å². The van der Waals surface area contributed by atoms with Crippen molar-refractivity contribution in [3.63, 3.8) is 0 Å². The number of anilines is 1. The lowest BCUT2D eigenvalue weighted by molar-refractivity contribution is 1.42. The van der Waals surface area contributed by atoms with Crippen LogP contribution in [0, 0.1) is 0 Å². The molecule has 0 saturated heterocycles. The van der Waals surface area contributed by atoms with Gasteiger partial charge in [-0.25, -0.2) is 0 Å². The molecule has 0 bridgehead atoms. The van der Waals surface area contributed by atoms with E-state index in [1.165, 1.54) is 16.3 Å². The molecule has 1 heterocycles. The van der Waals surface area contributed by atoms with Gasteiger partial charge in [-0.15, -0.1) is 0 Å². The van der Waals surface area contributed by atoms with E-state index in [4.69, 9.17) is 5.73 Å². The van der Waals surface area contributed by atoms with Crippen molar-refractivity contribution in [1.29, 1.82) is 0 Å². The van der Waals surface area contributed by atoms with Gasteiger partial charge in [0.15, 0.2) is 0 Å². The molecule has 0 aliphatic heterocycles. The van der Waals surface area contributed by atoms with Crippen LogP contribution in [0.25, 0.3) is 21.8 Å². The third kappa shape index (κ3) is 1.11. The van der Waals surface area contributed by atoms with Crippen LogP contribution in [-0.2, 0) is 0 Å². The van der Waals surface area contributed by atoms with Gasteiger partial charge in [-0.05, 0) is 12.1 Å². The highest BCUT2D eigenvalue weighted by Gasteiger charge is 2.10. The average Bonchev–Trinajstić information content (AvgIpc) is 2.65. The largest absolute Gasteiger partial charge is 0.397 e. The summed E-state index contributed by atoms with van der Waals surface area (Å²) >= 11 is 0. The normalized spacial score (nSPS) is 11.5. The molecular formula is C13H11N2P. The van der Waals surface area contributed by atoms with Crippen LogP contribution in [0.1, 0.15) is 0 Å². The van der Waals surface area contributed by atoms with Gasteiger partial charge in [-0.1, -0.05) is 36.6 Å². The molecule has 2 nitrogen and oxygen atoms in total. The van der Waals surface area contributed by atoms with Crippen molar-refractivity contribution in [1.82, 2.24) is 4.34 Å². The second kappa shape index (κ2) is 3.36.